The second kappa shape index (κ2) is 6.13. The lowest BCUT2D eigenvalue weighted by Crippen LogP contribution is -2.40. The summed E-state index contributed by atoms with van der Waals surface area (Å²) in [6, 6.07) is 2.04. The Kier molecular flexibility index (Phi) is 4.55. The van der Waals surface area contributed by atoms with Crippen LogP contribution in [0.2, 0.25) is 0 Å². The number of carbonyl (C=O) groups excluding carboxylic acids is 2. The van der Waals surface area contributed by atoms with Crippen molar-refractivity contribution in [1.82, 2.24) is 15.6 Å². The van der Waals surface area contributed by atoms with Crippen LogP contribution in [0.15, 0.2) is 18.3 Å². The highest BCUT2D eigenvalue weighted by Crippen LogP contribution is 2.22. The Morgan fingerprint density at radius 1 is 1.56 bits per heavy atom. The van der Waals surface area contributed by atoms with Gasteiger partial charge in [0.1, 0.15) is 6.20 Å². The van der Waals surface area contributed by atoms with Crippen molar-refractivity contribution in [3.63, 3.8) is 0 Å². The van der Waals surface area contributed by atoms with Gasteiger partial charge < -0.3 is 20.2 Å². The van der Waals surface area contributed by atoms with Crippen molar-refractivity contribution < 1.29 is 19.2 Å². The van der Waals surface area contributed by atoms with E-state index in [9.17, 15) is 19.7 Å². The van der Waals surface area contributed by atoms with Gasteiger partial charge in [-0.3, -0.25) is 10.1 Å². The number of rotatable bonds is 4. The fourth-order valence-electron chi connectivity index (χ4n) is 1.00. The third-order valence-electron chi connectivity index (χ3n) is 1.76. The molecule has 0 aromatic carbocycles. The summed E-state index contributed by atoms with van der Waals surface area (Å²) in [6.45, 7) is -0.528. The van der Waals surface area contributed by atoms with Crippen LogP contribution in [0.5, 0.6) is 5.75 Å². The third-order valence-corrected chi connectivity index (χ3v) is 1.76. The average Bonchev–Trinajstić information content (AvgIpc) is 2.36. The molecule has 96 valence electrons. The lowest BCUT2D eigenvalue weighted by Gasteiger charge is -2.06. The van der Waals surface area contributed by atoms with Gasteiger partial charge in [0.15, 0.2) is 6.61 Å². The quantitative estimate of drug-likeness (QED) is 0.567. The van der Waals surface area contributed by atoms with Crippen LogP contribution < -0.4 is 15.4 Å². The summed E-state index contributed by atoms with van der Waals surface area (Å²) in [5.41, 5.74) is 0. The van der Waals surface area contributed by atoms with Gasteiger partial charge in [0.2, 0.25) is 5.75 Å². The lowest BCUT2D eigenvalue weighted by atomic mass is 10.4. The van der Waals surface area contributed by atoms with E-state index in [1.54, 1.807) is 0 Å². The number of pyridine rings is 1. The van der Waals surface area contributed by atoms with Crippen LogP contribution in [0.25, 0.3) is 0 Å². The maximum Gasteiger partial charge on any atom is 0.406 e. The highest BCUT2D eigenvalue weighted by Gasteiger charge is 2.17. The monoisotopic (exact) mass is 254 g/mol. The summed E-state index contributed by atoms with van der Waals surface area (Å²) < 4.78 is 4.91. The summed E-state index contributed by atoms with van der Waals surface area (Å²) >= 11 is 0. The number of imide groups is 1. The van der Waals surface area contributed by atoms with Gasteiger partial charge in [0, 0.05) is 7.05 Å². The molecule has 18 heavy (non-hydrogen) atoms. The number of nitrogens with zero attached hydrogens (tertiary/aromatic N) is 2. The van der Waals surface area contributed by atoms with Gasteiger partial charge >= 0.3 is 11.8 Å². The maximum atomic E-state index is 11.2. The zero-order valence-corrected chi connectivity index (χ0v) is 9.37. The summed E-state index contributed by atoms with van der Waals surface area (Å²) in [6.07, 6.45) is 1.23. The van der Waals surface area contributed by atoms with Gasteiger partial charge in [-0.05, 0) is 22.0 Å². The molecule has 0 aliphatic rings. The standard InChI is InChI=1S/C9H10N4O5/c1-10-9(15)12-7(14)5-18-6-3-2-4-11-8(6)13(16)17/h2-4H,5H2,1H3,(H2,10,12,14,15). The van der Waals surface area contributed by atoms with E-state index in [-0.39, 0.29) is 5.75 Å². The number of hydrogen-bond acceptors (Lipinski definition) is 6. The molecular weight excluding hydrogens is 244 g/mol. The molecule has 9 nitrogen and oxygen atoms in total. The van der Waals surface area contributed by atoms with E-state index in [4.69, 9.17) is 4.74 Å². The minimum atomic E-state index is -0.730. The van der Waals surface area contributed by atoms with E-state index >= 15 is 0 Å². The van der Waals surface area contributed by atoms with Gasteiger partial charge in [-0.2, -0.15) is 0 Å². The topological polar surface area (TPSA) is 123 Å². The van der Waals surface area contributed by atoms with Crippen molar-refractivity contribution in [1.29, 1.82) is 0 Å². The highest BCUT2D eigenvalue weighted by molar-refractivity contribution is 5.94. The van der Waals surface area contributed by atoms with Gasteiger partial charge in [-0.1, -0.05) is 0 Å². The molecule has 1 aromatic heterocycles. The van der Waals surface area contributed by atoms with Crippen LogP contribution in [-0.2, 0) is 4.79 Å². The number of nitrogens with one attached hydrogen (secondary N) is 2. The van der Waals surface area contributed by atoms with Gasteiger partial charge in [0.05, 0.1) is 0 Å². The first kappa shape index (κ1) is 13.4. The van der Waals surface area contributed by atoms with Crippen LogP contribution in [0.3, 0.4) is 0 Å². The van der Waals surface area contributed by atoms with E-state index < -0.39 is 29.3 Å². The molecular formula is C9H10N4O5. The number of aromatic nitrogens is 1. The largest absolute Gasteiger partial charge is 0.476 e. The lowest BCUT2D eigenvalue weighted by molar-refractivity contribution is -0.390. The predicted octanol–water partition coefficient (Wildman–Crippen LogP) is -0.176. The molecule has 0 saturated heterocycles. The van der Waals surface area contributed by atoms with E-state index in [0.29, 0.717) is 0 Å². The molecule has 1 heterocycles. The predicted molar refractivity (Wildman–Crippen MR) is 59.0 cm³/mol. The molecule has 0 bridgehead atoms. The highest BCUT2D eigenvalue weighted by atomic mass is 16.6. The Hall–Kier alpha value is -2.71. The molecule has 1 rings (SSSR count). The van der Waals surface area contributed by atoms with Crippen LogP contribution >= 0.6 is 0 Å². The van der Waals surface area contributed by atoms with Crippen LogP contribution in [0.4, 0.5) is 10.6 Å². The van der Waals surface area contributed by atoms with Crippen molar-refractivity contribution in [2.75, 3.05) is 13.7 Å². The van der Waals surface area contributed by atoms with Crippen molar-refractivity contribution in [3.05, 3.63) is 28.4 Å². The van der Waals surface area contributed by atoms with E-state index in [2.05, 4.69) is 10.3 Å². The summed E-state index contributed by atoms with van der Waals surface area (Å²) in [5, 5.41) is 14.7. The van der Waals surface area contributed by atoms with E-state index in [1.807, 2.05) is 5.32 Å². The Morgan fingerprint density at radius 3 is 2.89 bits per heavy atom. The molecule has 9 heteroatoms. The van der Waals surface area contributed by atoms with Crippen molar-refractivity contribution in [2.24, 2.45) is 0 Å². The molecule has 3 amide bonds. The van der Waals surface area contributed by atoms with E-state index in [0.717, 1.165) is 0 Å². The van der Waals surface area contributed by atoms with Gasteiger partial charge in [0.25, 0.3) is 5.91 Å². The van der Waals surface area contributed by atoms with Crippen LogP contribution in [0.1, 0.15) is 0 Å². The zero-order valence-electron chi connectivity index (χ0n) is 9.37. The molecule has 0 aliphatic carbocycles. The van der Waals surface area contributed by atoms with Crippen molar-refractivity contribution in [2.45, 2.75) is 0 Å². The first-order chi connectivity index (χ1) is 8.54. The van der Waals surface area contributed by atoms with Crippen molar-refractivity contribution >= 4 is 17.8 Å². The van der Waals surface area contributed by atoms with Crippen LogP contribution in [-0.4, -0.2) is 35.5 Å². The molecule has 0 fully saturated rings. The van der Waals surface area contributed by atoms with Gasteiger partial charge in [-0.15, -0.1) is 0 Å². The van der Waals surface area contributed by atoms with Crippen molar-refractivity contribution in [3.8, 4) is 5.75 Å². The number of hydrogen-bond donors (Lipinski definition) is 2. The number of nitro groups is 1. The number of amides is 3. The summed E-state index contributed by atoms with van der Waals surface area (Å²) in [7, 11) is 1.34. The maximum absolute atomic E-state index is 11.2. The molecule has 0 aliphatic heterocycles. The Labute approximate surface area is 101 Å². The smallest absolute Gasteiger partial charge is 0.406 e. The van der Waals surface area contributed by atoms with E-state index in [1.165, 1.54) is 25.4 Å². The molecule has 0 atom stereocenters. The second-order valence-corrected chi connectivity index (χ2v) is 3.00. The fourth-order valence-corrected chi connectivity index (χ4v) is 1.00. The van der Waals surface area contributed by atoms with Crippen LogP contribution in [0, 0.1) is 10.1 Å². The average molecular weight is 254 g/mol. The summed E-state index contributed by atoms with van der Waals surface area (Å²) in [5.74, 6) is -1.37. The molecule has 1 aromatic rings. The first-order valence-electron chi connectivity index (χ1n) is 4.78. The molecule has 0 unspecified atom stereocenters. The third kappa shape index (κ3) is 3.70. The summed E-state index contributed by atoms with van der Waals surface area (Å²) in [4.78, 5) is 35.3. The first-order valence-corrected chi connectivity index (χ1v) is 4.78. The molecule has 0 saturated carbocycles. The SMILES string of the molecule is CNC(=O)NC(=O)COc1cccnc1[N+](=O)[O-]. The number of urea groups is 1. The Balaban J connectivity index is 2.61. The number of carbonyl (C=O) groups is 2. The fraction of sp³-hybridized carbons (Fsp3) is 0.222. The minimum Gasteiger partial charge on any atom is -0.476 e. The molecule has 0 spiro atoms. The van der Waals surface area contributed by atoms with Gasteiger partial charge in [-0.25, -0.2) is 4.79 Å². The second-order valence-electron chi connectivity index (χ2n) is 3.00. The Morgan fingerprint density at radius 2 is 2.28 bits per heavy atom. The molecule has 2 N–H and O–H groups in total. The zero-order chi connectivity index (χ0) is 13.5. The Bertz CT molecular complexity index is 476. The number of ether oxygens (including phenoxy) is 1. The normalized spacial score (nSPS) is 9.39. The minimum absolute atomic E-state index is 0.144. The molecule has 0 radical (unpaired) electrons.